The molecule has 0 atom stereocenters. The molecule has 1 saturated carbocycles. The van der Waals surface area contributed by atoms with E-state index in [-0.39, 0.29) is 23.7 Å². The van der Waals surface area contributed by atoms with E-state index in [1.54, 1.807) is 0 Å². The van der Waals surface area contributed by atoms with E-state index in [9.17, 15) is 9.59 Å². The van der Waals surface area contributed by atoms with Crippen LogP contribution >= 0.6 is 0 Å². The number of carbonyl (C=O) groups excluding carboxylic acids is 2. The minimum Gasteiger partial charge on any atom is -0.352 e. The van der Waals surface area contributed by atoms with Crippen molar-refractivity contribution in [2.24, 2.45) is 11.8 Å². The molecule has 142 valence electrons. The van der Waals surface area contributed by atoms with Gasteiger partial charge in [0.15, 0.2) is 0 Å². The van der Waals surface area contributed by atoms with Crippen LogP contribution in [0.3, 0.4) is 0 Å². The van der Waals surface area contributed by atoms with Crippen molar-refractivity contribution in [2.45, 2.75) is 46.1 Å². The molecule has 3 rings (SSSR count). The van der Waals surface area contributed by atoms with Crippen LogP contribution in [0, 0.1) is 25.7 Å². The zero-order chi connectivity index (χ0) is 19.2. The van der Waals surface area contributed by atoms with Crippen LogP contribution in [0.4, 0.5) is 5.69 Å². The molecule has 1 fully saturated rings. The highest BCUT2D eigenvalue weighted by molar-refractivity contribution is 5.92. The van der Waals surface area contributed by atoms with Crippen molar-refractivity contribution in [1.29, 1.82) is 0 Å². The maximum Gasteiger partial charge on any atom is 0.227 e. The number of anilines is 1. The Balaban J connectivity index is 1.46. The van der Waals surface area contributed by atoms with Gasteiger partial charge in [-0.25, -0.2) is 0 Å². The lowest BCUT2D eigenvalue weighted by molar-refractivity contribution is -0.128. The lowest BCUT2D eigenvalue weighted by atomic mass is 9.81. The number of benzene rings is 2. The largest absolute Gasteiger partial charge is 0.352 e. The van der Waals surface area contributed by atoms with Crippen LogP contribution in [0.15, 0.2) is 48.5 Å². The second kappa shape index (κ2) is 8.85. The van der Waals surface area contributed by atoms with Crippen molar-refractivity contribution in [1.82, 2.24) is 5.32 Å². The quantitative estimate of drug-likeness (QED) is 0.828. The van der Waals surface area contributed by atoms with Gasteiger partial charge in [0, 0.05) is 24.1 Å². The fourth-order valence-electron chi connectivity index (χ4n) is 3.72. The van der Waals surface area contributed by atoms with Crippen molar-refractivity contribution in [3.63, 3.8) is 0 Å². The second-order valence-electron chi connectivity index (χ2n) is 7.55. The monoisotopic (exact) mass is 364 g/mol. The Morgan fingerprint density at radius 3 is 2.22 bits per heavy atom. The Hall–Kier alpha value is -2.62. The molecule has 0 bridgehead atoms. The molecule has 0 aliphatic heterocycles. The van der Waals surface area contributed by atoms with E-state index >= 15 is 0 Å². The highest BCUT2D eigenvalue weighted by Gasteiger charge is 2.29. The average molecular weight is 364 g/mol. The zero-order valence-electron chi connectivity index (χ0n) is 16.1. The summed E-state index contributed by atoms with van der Waals surface area (Å²) in [6, 6.07) is 15.9. The molecule has 4 nitrogen and oxygen atoms in total. The van der Waals surface area contributed by atoms with Gasteiger partial charge in [0.25, 0.3) is 0 Å². The summed E-state index contributed by atoms with van der Waals surface area (Å²) in [5.74, 6) is 0.179. The lowest BCUT2D eigenvalue weighted by Gasteiger charge is -2.27. The molecule has 2 N–H and O–H groups in total. The molecule has 0 radical (unpaired) electrons. The Morgan fingerprint density at radius 1 is 0.889 bits per heavy atom. The molecule has 27 heavy (non-hydrogen) atoms. The van der Waals surface area contributed by atoms with E-state index < -0.39 is 0 Å². The molecule has 2 amide bonds. The van der Waals surface area contributed by atoms with E-state index in [1.807, 2.05) is 49.4 Å². The van der Waals surface area contributed by atoms with Gasteiger partial charge in [-0.3, -0.25) is 9.59 Å². The highest BCUT2D eigenvalue weighted by atomic mass is 16.2. The van der Waals surface area contributed by atoms with Gasteiger partial charge in [0.05, 0.1) is 0 Å². The summed E-state index contributed by atoms with van der Waals surface area (Å²) < 4.78 is 0. The number of aryl methyl sites for hydroxylation is 2. The van der Waals surface area contributed by atoms with Crippen LogP contribution in [-0.2, 0) is 16.1 Å². The first-order valence-corrected chi connectivity index (χ1v) is 9.72. The molecule has 2 aromatic rings. The summed E-state index contributed by atoms with van der Waals surface area (Å²) in [6.07, 6.45) is 3.07. The molecule has 0 unspecified atom stereocenters. The summed E-state index contributed by atoms with van der Waals surface area (Å²) in [5.41, 5.74) is 4.31. The maximum atomic E-state index is 12.5. The van der Waals surface area contributed by atoms with Crippen molar-refractivity contribution >= 4 is 17.5 Å². The first-order valence-electron chi connectivity index (χ1n) is 9.72. The van der Waals surface area contributed by atoms with Crippen molar-refractivity contribution in [3.8, 4) is 0 Å². The third-order valence-corrected chi connectivity index (χ3v) is 5.47. The molecule has 2 aromatic carbocycles. The smallest absolute Gasteiger partial charge is 0.227 e. The Labute approximate surface area is 161 Å². The minimum absolute atomic E-state index is 0.00840. The standard InChI is InChI=1S/C23H28N2O2/c1-16-6-5-9-21(14-16)25-23(27)19-12-10-18(11-13-19)22(26)24-15-20-8-4-3-7-17(20)2/h3-9,14,18-19H,10-13,15H2,1-2H3,(H,24,26)(H,25,27). The van der Waals surface area contributed by atoms with Gasteiger partial charge in [-0.05, 0) is 68.4 Å². The van der Waals surface area contributed by atoms with E-state index in [1.165, 1.54) is 5.56 Å². The van der Waals surface area contributed by atoms with Crippen molar-refractivity contribution in [2.75, 3.05) is 5.32 Å². The number of hydrogen-bond donors (Lipinski definition) is 2. The van der Waals surface area contributed by atoms with Crippen LogP contribution in [0.5, 0.6) is 0 Å². The minimum atomic E-state index is -0.00840. The maximum absolute atomic E-state index is 12.5. The predicted molar refractivity (Wildman–Crippen MR) is 108 cm³/mol. The zero-order valence-corrected chi connectivity index (χ0v) is 16.1. The van der Waals surface area contributed by atoms with E-state index in [0.717, 1.165) is 42.5 Å². The SMILES string of the molecule is Cc1cccc(NC(=O)C2CCC(C(=O)NCc3ccccc3C)CC2)c1. The average Bonchev–Trinajstić information content (AvgIpc) is 2.67. The molecule has 1 aliphatic rings. The van der Waals surface area contributed by atoms with Gasteiger partial charge in [0.2, 0.25) is 11.8 Å². The molecular formula is C23H28N2O2. The number of nitrogens with one attached hydrogen (secondary N) is 2. The summed E-state index contributed by atoms with van der Waals surface area (Å²) in [4.78, 5) is 25.0. The Morgan fingerprint density at radius 2 is 1.56 bits per heavy atom. The molecule has 1 aliphatic carbocycles. The topological polar surface area (TPSA) is 58.2 Å². The van der Waals surface area contributed by atoms with Gasteiger partial charge in [-0.15, -0.1) is 0 Å². The third kappa shape index (κ3) is 5.19. The number of rotatable bonds is 5. The third-order valence-electron chi connectivity index (χ3n) is 5.47. The highest BCUT2D eigenvalue weighted by Crippen LogP contribution is 2.30. The fraction of sp³-hybridized carbons (Fsp3) is 0.391. The Bertz CT molecular complexity index is 808. The van der Waals surface area contributed by atoms with E-state index in [4.69, 9.17) is 0 Å². The van der Waals surface area contributed by atoms with Gasteiger partial charge in [-0.1, -0.05) is 36.4 Å². The first kappa shape index (κ1) is 19.2. The van der Waals surface area contributed by atoms with E-state index in [0.29, 0.717) is 6.54 Å². The number of amides is 2. The molecule has 0 aromatic heterocycles. The van der Waals surface area contributed by atoms with Gasteiger partial charge < -0.3 is 10.6 Å². The summed E-state index contributed by atoms with van der Waals surface area (Å²) in [7, 11) is 0. The molecule has 0 heterocycles. The summed E-state index contributed by atoms with van der Waals surface area (Å²) in [5, 5.41) is 6.07. The molecule has 0 saturated heterocycles. The normalized spacial score (nSPS) is 19.3. The van der Waals surface area contributed by atoms with Crippen LogP contribution in [0.1, 0.15) is 42.4 Å². The summed E-state index contributed by atoms with van der Waals surface area (Å²) >= 11 is 0. The molecular weight excluding hydrogens is 336 g/mol. The van der Waals surface area contributed by atoms with Crippen molar-refractivity contribution < 1.29 is 9.59 Å². The van der Waals surface area contributed by atoms with Crippen LogP contribution in [-0.4, -0.2) is 11.8 Å². The van der Waals surface area contributed by atoms with Crippen LogP contribution in [0.2, 0.25) is 0 Å². The second-order valence-corrected chi connectivity index (χ2v) is 7.55. The molecule has 0 spiro atoms. The number of carbonyl (C=O) groups is 2. The van der Waals surface area contributed by atoms with Gasteiger partial charge in [-0.2, -0.15) is 0 Å². The lowest BCUT2D eigenvalue weighted by Crippen LogP contribution is -2.35. The Kier molecular flexibility index (Phi) is 6.28. The van der Waals surface area contributed by atoms with Gasteiger partial charge >= 0.3 is 0 Å². The van der Waals surface area contributed by atoms with Crippen molar-refractivity contribution in [3.05, 3.63) is 65.2 Å². The predicted octanol–water partition coefficient (Wildman–Crippen LogP) is 4.36. The molecule has 4 heteroatoms. The van der Waals surface area contributed by atoms with Crippen LogP contribution < -0.4 is 10.6 Å². The number of hydrogen-bond acceptors (Lipinski definition) is 2. The summed E-state index contributed by atoms with van der Waals surface area (Å²) in [6.45, 7) is 4.63. The first-order chi connectivity index (χ1) is 13.0. The van der Waals surface area contributed by atoms with E-state index in [2.05, 4.69) is 23.6 Å². The van der Waals surface area contributed by atoms with Crippen LogP contribution in [0.25, 0.3) is 0 Å². The van der Waals surface area contributed by atoms with Gasteiger partial charge in [0.1, 0.15) is 0 Å². The fourth-order valence-corrected chi connectivity index (χ4v) is 3.72.